The van der Waals surface area contributed by atoms with Crippen LogP contribution in [0.5, 0.6) is 0 Å². The van der Waals surface area contributed by atoms with E-state index in [2.05, 4.69) is 20.7 Å². The number of hydrogen-bond acceptors (Lipinski definition) is 4. The Morgan fingerprint density at radius 2 is 2.24 bits per heavy atom. The summed E-state index contributed by atoms with van der Waals surface area (Å²) >= 11 is 6.10. The maximum atomic E-state index is 6.10. The van der Waals surface area contributed by atoms with Crippen LogP contribution in [-0.4, -0.2) is 33.3 Å². The largest absolute Gasteiger partial charge is 0.314 e. The van der Waals surface area contributed by atoms with Gasteiger partial charge in [-0.15, -0.1) is 10.2 Å². The first-order valence-electron chi connectivity index (χ1n) is 5.60. The Hall–Kier alpha value is -1.46. The molecule has 1 saturated heterocycles. The summed E-state index contributed by atoms with van der Waals surface area (Å²) in [6.07, 6.45) is 1.04. The van der Waals surface area contributed by atoms with Crippen molar-refractivity contribution in [3.63, 3.8) is 0 Å². The van der Waals surface area contributed by atoms with Gasteiger partial charge in [-0.25, -0.2) is 0 Å². The van der Waals surface area contributed by atoms with Crippen LogP contribution in [0, 0.1) is 0 Å². The summed E-state index contributed by atoms with van der Waals surface area (Å²) in [5, 5.41) is 16.5. The van der Waals surface area contributed by atoms with Crippen LogP contribution >= 0.6 is 11.6 Å². The van der Waals surface area contributed by atoms with Crippen molar-refractivity contribution in [1.29, 1.82) is 0 Å². The highest BCUT2D eigenvalue weighted by Crippen LogP contribution is 2.24. The SMILES string of the molecule is Clc1ccccc1-c1nnn(C2CCNC2)n1. The lowest BCUT2D eigenvalue weighted by Gasteiger charge is -2.04. The van der Waals surface area contributed by atoms with E-state index in [1.54, 1.807) is 4.80 Å². The monoisotopic (exact) mass is 249 g/mol. The van der Waals surface area contributed by atoms with Gasteiger partial charge in [-0.3, -0.25) is 0 Å². The zero-order chi connectivity index (χ0) is 11.7. The molecule has 1 aliphatic rings. The van der Waals surface area contributed by atoms with Gasteiger partial charge < -0.3 is 5.32 Å². The van der Waals surface area contributed by atoms with Crippen LogP contribution in [0.2, 0.25) is 5.02 Å². The molecule has 2 heterocycles. The van der Waals surface area contributed by atoms with Crippen molar-refractivity contribution in [2.75, 3.05) is 13.1 Å². The Kier molecular flexibility index (Phi) is 2.78. The van der Waals surface area contributed by atoms with E-state index in [1.165, 1.54) is 0 Å². The number of benzene rings is 1. The van der Waals surface area contributed by atoms with Gasteiger partial charge in [-0.05, 0) is 30.3 Å². The van der Waals surface area contributed by atoms with Crippen molar-refractivity contribution in [2.24, 2.45) is 0 Å². The van der Waals surface area contributed by atoms with E-state index in [-0.39, 0.29) is 0 Å². The number of tetrazole rings is 1. The van der Waals surface area contributed by atoms with Gasteiger partial charge in [0.15, 0.2) is 0 Å². The smallest absolute Gasteiger partial charge is 0.206 e. The average molecular weight is 250 g/mol. The predicted octanol–water partition coefficient (Wildman–Crippen LogP) is 1.53. The second kappa shape index (κ2) is 4.43. The Labute approximate surface area is 104 Å². The van der Waals surface area contributed by atoms with Crippen molar-refractivity contribution in [1.82, 2.24) is 25.5 Å². The highest BCUT2D eigenvalue weighted by atomic mass is 35.5. The minimum absolute atomic E-state index is 0.304. The molecule has 0 amide bonds. The normalized spacial score (nSPS) is 19.7. The van der Waals surface area contributed by atoms with Crippen LogP contribution in [0.1, 0.15) is 12.5 Å². The molecule has 1 aromatic heterocycles. The van der Waals surface area contributed by atoms with E-state index in [0.717, 1.165) is 25.1 Å². The van der Waals surface area contributed by atoms with Gasteiger partial charge in [0.05, 0.1) is 11.1 Å². The molecule has 0 saturated carbocycles. The first-order chi connectivity index (χ1) is 8.34. The zero-order valence-corrected chi connectivity index (χ0v) is 9.93. The molecule has 5 nitrogen and oxygen atoms in total. The molecule has 1 atom stereocenters. The lowest BCUT2D eigenvalue weighted by atomic mass is 10.2. The fourth-order valence-electron chi connectivity index (χ4n) is 1.97. The minimum atomic E-state index is 0.304. The number of nitrogens with zero attached hydrogens (tertiary/aromatic N) is 4. The Balaban J connectivity index is 1.92. The van der Waals surface area contributed by atoms with Crippen molar-refractivity contribution in [3.05, 3.63) is 29.3 Å². The maximum Gasteiger partial charge on any atom is 0.206 e. The van der Waals surface area contributed by atoms with Gasteiger partial charge in [0, 0.05) is 12.1 Å². The fourth-order valence-corrected chi connectivity index (χ4v) is 2.19. The fraction of sp³-hybridized carbons (Fsp3) is 0.364. The predicted molar refractivity (Wildman–Crippen MR) is 64.8 cm³/mol. The van der Waals surface area contributed by atoms with Crippen molar-refractivity contribution in [2.45, 2.75) is 12.5 Å². The molecular formula is C11H12ClN5. The summed E-state index contributed by atoms with van der Waals surface area (Å²) in [4.78, 5) is 1.68. The minimum Gasteiger partial charge on any atom is -0.314 e. The Bertz CT molecular complexity index is 518. The Morgan fingerprint density at radius 1 is 1.35 bits per heavy atom. The molecule has 88 valence electrons. The molecule has 1 N–H and O–H groups in total. The van der Waals surface area contributed by atoms with Crippen molar-refractivity contribution >= 4 is 11.6 Å². The number of hydrogen-bond donors (Lipinski definition) is 1. The number of aromatic nitrogens is 4. The van der Waals surface area contributed by atoms with E-state index < -0.39 is 0 Å². The van der Waals surface area contributed by atoms with Crippen molar-refractivity contribution in [3.8, 4) is 11.4 Å². The number of halogens is 1. The standard InChI is InChI=1S/C11H12ClN5/c12-10-4-2-1-3-9(10)11-14-16-17(15-11)8-5-6-13-7-8/h1-4,8,13H,5-7H2. The summed E-state index contributed by atoms with van der Waals surface area (Å²) in [5.74, 6) is 0.586. The van der Waals surface area contributed by atoms with Gasteiger partial charge in [0.25, 0.3) is 0 Å². The molecule has 0 spiro atoms. The van der Waals surface area contributed by atoms with Gasteiger partial charge in [-0.2, -0.15) is 4.80 Å². The van der Waals surface area contributed by atoms with Gasteiger partial charge in [0.2, 0.25) is 5.82 Å². The van der Waals surface area contributed by atoms with E-state index in [9.17, 15) is 0 Å². The van der Waals surface area contributed by atoms with E-state index >= 15 is 0 Å². The van der Waals surface area contributed by atoms with Crippen LogP contribution in [0.25, 0.3) is 11.4 Å². The topological polar surface area (TPSA) is 55.6 Å². The molecule has 17 heavy (non-hydrogen) atoms. The van der Waals surface area contributed by atoms with Crippen LogP contribution in [0.15, 0.2) is 24.3 Å². The van der Waals surface area contributed by atoms with Crippen LogP contribution in [0.3, 0.4) is 0 Å². The second-order valence-electron chi connectivity index (χ2n) is 4.06. The van der Waals surface area contributed by atoms with Crippen molar-refractivity contribution < 1.29 is 0 Å². The van der Waals surface area contributed by atoms with E-state index in [0.29, 0.717) is 16.9 Å². The lowest BCUT2D eigenvalue weighted by molar-refractivity contribution is 0.424. The molecule has 1 aliphatic heterocycles. The number of nitrogens with one attached hydrogen (secondary N) is 1. The first kappa shape index (κ1) is 10.7. The summed E-state index contributed by atoms with van der Waals surface area (Å²) in [6, 6.07) is 7.83. The van der Waals surface area contributed by atoms with Crippen LogP contribution in [-0.2, 0) is 0 Å². The van der Waals surface area contributed by atoms with Gasteiger partial charge >= 0.3 is 0 Å². The molecule has 0 radical (unpaired) electrons. The van der Waals surface area contributed by atoms with Crippen LogP contribution < -0.4 is 5.32 Å². The summed E-state index contributed by atoms with van der Waals surface area (Å²) in [6.45, 7) is 1.91. The quantitative estimate of drug-likeness (QED) is 0.877. The average Bonchev–Trinajstić information content (AvgIpc) is 3.00. The van der Waals surface area contributed by atoms with E-state index in [4.69, 9.17) is 11.6 Å². The molecule has 1 unspecified atom stereocenters. The molecule has 1 aromatic carbocycles. The zero-order valence-electron chi connectivity index (χ0n) is 9.17. The van der Waals surface area contributed by atoms with Gasteiger partial charge in [-0.1, -0.05) is 23.7 Å². The van der Waals surface area contributed by atoms with E-state index in [1.807, 2.05) is 24.3 Å². The number of rotatable bonds is 2. The van der Waals surface area contributed by atoms with Gasteiger partial charge in [0.1, 0.15) is 0 Å². The molecule has 1 fully saturated rings. The molecule has 2 aromatic rings. The Morgan fingerprint density at radius 3 is 3.00 bits per heavy atom. The highest BCUT2D eigenvalue weighted by molar-refractivity contribution is 6.33. The third-order valence-corrected chi connectivity index (χ3v) is 3.23. The third kappa shape index (κ3) is 2.03. The first-order valence-corrected chi connectivity index (χ1v) is 5.97. The molecular weight excluding hydrogens is 238 g/mol. The highest BCUT2D eigenvalue weighted by Gasteiger charge is 2.19. The van der Waals surface area contributed by atoms with Crippen LogP contribution in [0.4, 0.5) is 0 Å². The second-order valence-corrected chi connectivity index (χ2v) is 4.47. The summed E-state index contributed by atoms with van der Waals surface area (Å²) < 4.78 is 0. The summed E-state index contributed by atoms with van der Waals surface area (Å²) in [5.41, 5.74) is 0.825. The molecule has 3 rings (SSSR count). The third-order valence-electron chi connectivity index (χ3n) is 2.90. The molecule has 0 aliphatic carbocycles. The lowest BCUT2D eigenvalue weighted by Crippen LogP contribution is -2.15. The molecule has 6 heteroatoms. The molecule has 0 bridgehead atoms. The summed E-state index contributed by atoms with van der Waals surface area (Å²) in [7, 11) is 0. The maximum absolute atomic E-state index is 6.10.